The molecule has 0 N–H and O–H groups in total. The molecule has 4 heteroatoms. The molecule has 3 aromatic rings. The SMILES string of the molecule is Cc1nn(-c2ccccc2)c(Cl)c1/C=C/C(=O)c1ccccc1. The first kappa shape index (κ1) is 15.3. The average molecular weight is 323 g/mol. The van der Waals surface area contributed by atoms with E-state index in [4.69, 9.17) is 11.6 Å². The van der Waals surface area contributed by atoms with E-state index in [1.807, 2.05) is 55.5 Å². The summed E-state index contributed by atoms with van der Waals surface area (Å²) in [5.41, 5.74) is 3.05. The van der Waals surface area contributed by atoms with Crippen LogP contribution in [0.5, 0.6) is 0 Å². The Balaban J connectivity index is 1.91. The number of halogens is 1. The molecule has 0 saturated carbocycles. The molecule has 1 aromatic heterocycles. The second-order valence-corrected chi connectivity index (χ2v) is 5.46. The van der Waals surface area contributed by atoms with E-state index in [2.05, 4.69) is 5.10 Å². The number of aromatic nitrogens is 2. The fourth-order valence-corrected chi connectivity index (χ4v) is 2.63. The number of hydrogen-bond acceptors (Lipinski definition) is 2. The summed E-state index contributed by atoms with van der Waals surface area (Å²) in [5.74, 6) is -0.0615. The number of carbonyl (C=O) groups is 1. The van der Waals surface area contributed by atoms with E-state index in [1.54, 1.807) is 22.9 Å². The molecule has 0 aliphatic rings. The Bertz CT molecular complexity index is 852. The lowest BCUT2D eigenvalue weighted by Gasteiger charge is -2.01. The summed E-state index contributed by atoms with van der Waals surface area (Å²) >= 11 is 6.43. The van der Waals surface area contributed by atoms with Crippen LogP contribution in [0.15, 0.2) is 66.7 Å². The van der Waals surface area contributed by atoms with Gasteiger partial charge in [0, 0.05) is 11.1 Å². The fraction of sp³-hybridized carbons (Fsp3) is 0.0526. The lowest BCUT2D eigenvalue weighted by atomic mass is 10.1. The average Bonchev–Trinajstić information content (AvgIpc) is 2.88. The highest BCUT2D eigenvalue weighted by Gasteiger charge is 2.12. The summed E-state index contributed by atoms with van der Waals surface area (Å²) in [7, 11) is 0. The van der Waals surface area contributed by atoms with Crippen LogP contribution in [0.1, 0.15) is 21.6 Å². The standard InChI is InChI=1S/C19H15ClN2O/c1-14-17(12-13-18(23)15-8-4-2-5-9-15)19(20)22(21-14)16-10-6-3-7-11-16/h2-13H,1H3/b13-12+. The van der Waals surface area contributed by atoms with Gasteiger partial charge in [-0.1, -0.05) is 60.1 Å². The van der Waals surface area contributed by atoms with Gasteiger partial charge in [0.05, 0.1) is 11.4 Å². The van der Waals surface area contributed by atoms with Gasteiger partial charge in [-0.25, -0.2) is 4.68 Å². The van der Waals surface area contributed by atoms with Gasteiger partial charge in [-0.05, 0) is 31.2 Å². The van der Waals surface area contributed by atoms with Gasteiger partial charge in [-0.2, -0.15) is 5.10 Å². The molecule has 114 valence electrons. The number of carbonyl (C=O) groups excluding carboxylic acids is 1. The molecule has 0 aliphatic carbocycles. The van der Waals surface area contributed by atoms with Gasteiger partial charge in [-0.3, -0.25) is 4.79 Å². The van der Waals surface area contributed by atoms with Crippen LogP contribution in [0, 0.1) is 6.92 Å². The van der Waals surface area contributed by atoms with E-state index >= 15 is 0 Å². The molecule has 0 radical (unpaired) electrons. The number of nitrogens with zero attached hydrogens (tertiary/aromatic N) is 2. The number of benzene rings is 2. The molecule has 0 saturated heterocycles. The third-order valence-electron chi connectivity index (χ3n) is 3.51. The van der Waals surface area contributed by atoms with Crippen molar-refractivity contribution < 1.29 is 4.79 Å². The summed E-state index contributed by atoms with van der Waals surface area (Å²) in [4.78, 5) is 12.2. The van der Waals surface area contributed by atoms with E-state index in [9.17, 15) is 4.79 Å². The van der Waals surface area contributed by atoms with E-state index < -0.39 is 0 Å². The maximum atomic E-state index is 12.2. The highest BCUT2D eigenvalue weighted by atomic mass is 35.5. The quantitative estimate of drug-likeness (QED) is 0.514. The van der Waals surface area contributed by atoms with Crippen molar-refractivity contribution in [2.75, 3.05) is 0 Å². The minimum atomic E-state index is -0.0615. The summed E-state index contributed by atoms with van der Waals surface area (Å²) in [5, 5.41) is 4.94. The first-order valence-electron chi connectivity index (χ1n) is 7.25. The number of allylic oxidation sites excluding steroid dienone is 1. The van der Waals surface area contributed by atoms with Gasteiger partial charge in [0.25, 0.3) is 0 Å². The maximum absolute atomic E-state index is 12.2. The van der Waals surface area contributed by atoms with Crippen molar-refractivity contribution in [3.8, 4) is 5.69 Å². The predicted octanol–water partition coefficient (Wildman–Crippen LogP) is 4.73. The van der Waals surface area contributed by atoms with E-state index in [0.29, 0.717) is 10.7 Å². The molecular formula is C19H15ClN2O. The Morgan fingerprint density at radius 2 is 1.65 bits per heavy atom. The molecule has 0 unspecified atom stereocenters. The van der Waals surface area contributed by atoms with Gasteiger partial charge in [0.15, 0.2) is 5.78 Å². The highest BCUT2D eigenvalue weighted by molar-refractivity contribution is 6.31. The lowest BCUT2D eigenvalue weighted by Crippen LogP contribution is -1.95. The minimum absolute atomic E-state index is 0.0615. The lowest BCUT2D eigenvalue weighted by molar-refractivity contribution is 0.104. The molecule has 0 spiro atoms. The van der Waals surface area contributed by atoms with Gasteiger partial charge < -0.3 is 0 Å². The van der Waals surface area contributed by atoms with E-state index in [1.165, 1.54) is 6.08 Å². The number of para-hydroxylation sites is 1. The van der Waals surface area contributed by atoms with Crippen molar-refractivity contribution in [1.29, 1.82) is 0 Å². The molecule has 23 heavy (non-hydrogen) atoms. The Morgan fingerprint density at radius 1 is 1.04 bits per heavy atom. The van der Waals surface area contributed by atoms with Crippen LogP contribution in [-0.4, -0.2) is 15.6 Å². The zero-order valence-corrected chi connectivity index (χ0v) is 13.4. The molecule has 0 amide bonds. The van der Waals surface area contributed by atoms with Crippen LogP contribution in [0.2, 0.25) is 5.15 Å². The van der Waals surface area contributed by atoms with Gasteiger partial charge >= 0.3 is 0 Å². The second-order valence-electron chi connectivity index (χ2n) is 5.10. The summed E-state index contributed by atoms with van der Waals surface area (Å²) in [6.45, 7) is 1.87. The van der Waals surface area contributed by atoms with Gasteiger partial charge in [-0.15, -0.1) is 0 Å². The zero-order chi connectivity index (χ0) is 16.2. The van der Waals surface area contributed by atoms with Crippen LogP contribution in [0.4, 0.5) is 0 Å². The summed E-state index contributed by atoms with van der Waals surface area (Å²) in [6.07, 6.45) is 3.25. The van der Waals surface area contributed by atoms with Crippen molar-refractivity contribution >= 4 is 23.5 Å². The largest absolute Gasteiger partial charge is 0.289 e. The third-order valence-corrected chi connectivity index (χ3v) is 3.87. The predicted molar refractivity (Wildman–Crippen MR) is 93.1 cm³/mol. The number of rotatable bonds is 4. The molecular weight excluding hydrogens is 308 g/mol. The van der Waals surface area contributed by atoms with E-state index in [-0.39, 0.29) is 5.78 Å². The smallest absolute Gasteiger partial charge is 0.185 e. The molecule has 1 heterocycles. The normalized spacial score (nSPS) is 11.0. The molecule has 0 fully saturated rings. The molecule has 0 aliphatic heterocycles. The molecule has 3 nitrogen and oxygen atoms in total. The van der Waals surface area contributed by atoms with Crippen molar-refractivity contribution in [2.45, 2.75) is 6.92 Å². The van der Waals surface area contributed by atoms with Crippen molar-refractivity contribution in [1.82, 2.24) is 9.78 Å². The highest BCUT2D eigenvalue weighted by Crippen LogP contribution is 2.24. The Morgan fingerprint density at radius 3 is 2.30 bits per heavy atom. The van der Waals surface area contributed by atoms with Crippen LogP contribution >= 0.6 is 11.6 Å². The van der Waals surface area contributed by atoms with E-state index in [0.717, 1.165) is 16.9 Å². The Hall–Kier alpha value is -2.65. The second kappa shape index (κ2) is 6.63. The zero-order valence-electron chi connectivity index (χ0n) is 12.6. The van der Waals surface area contributed by atoms with Crippen LogP contribution in [0.25, 0.3) is 11.8 Å². The molecule has 0 atom stereocenters. The summed E-state index contributed by atoms with van der Waals surface area (Å²) in [6, 6.07) is 18.8. The Kier molecular flexibility index (Phi) is 4.40. The van der Waals surface area contributed by atoms with Crippen LogP contribution < -0.4 is 0 Å². The molecule has 3 rings (SSSR count). The minimum Gasteiger partial charge on any atom is -0.289 e. The monoisotopic (exact) mass is 322 g/mol. The Labute approximate surface area is 139 Å². The van der Waals surface area contributed by atoms with Crippen molar-refractivity contribution in [3.05, 3.63) is 88.7 Å². The van der Waals surface area contributed by atoms with Gasteiger partial charge in [0.2, 0.25) is 0 Å². The number of aryl methyl sites for hydroxylation is 1. The van der Waals surface area contributed by atoms with Crippen molar-refractivity contribution in [2.24, 2.45) is 0 Å². The first-order valence-corrected chi connectivity index (χ1v) is 7.62. The topological polar surface area (TPSA) is 34.9 Å². The molecule has 0 bridgehead atoms. The molecule has 2 aromatic carbocycles. The maximum Gasteiger partial charge on any atom is 0.185 e. The van der Waals surface area contributed by atoms with Crippen molar-refractivity contribution in [3.63, 3.8) is 0 Å². The fourth-order valence-electron chi connectivity index (χ4n) is 2.30. The third kappa shape index (κ3) is 3.25. The summed E-state index contributed by atoms with van der Waals surface area (Å²) < 4.78 is 1.67. The van der Waals surface area contributed by atoms with Crippen LogP contribution in [0.3, 0.4) is 0 Å². The van der Waals surface area contributed by atoms with Crippen LogP contribution in [-0.2, 0) is 0 Å². The number of ketones is 1. The van der Waals surface area contributed by atoms with Gasteiger partial charge in [0.1, 0.15) is 5.15 Å². The first-order chi connectivity index (χ1) is 11.2. The number of hydrogen-bond donors (Lipinski definition) is 0.